The zero-order valence-corrected chi connectivity index (χ0v) is 12.4. The molecule has 118 valence electrons. The smallest absolute Gasteiger partial charge is 0.324 e. The number of imide groups is 1. The normalized spacial score (nSPS) is 14.0. The Balaban J connectivity index is 1.72. The van der Waals surface area contributed by atoms with Crippen LogP contribution in [-0.4, -0.2) is 49.5 Å². The molecule has 1 heterocycles. The predicted molar refractivity (Wildman–Crippen MR) is 79.4 cm³/mol. The standard InChI is InChI=1S/C15H19N3O4/c1-22-12-5-3-2-4-11(12)6-7-13(19)16-8-9-18-14(20)10-17-15(18)21/h2-5H,6-10H2,1H3,(H,16,19)(H,17,21). The first-order chi connectivity index (χ1) is 10.6. The molecule has 1 saturated heterocycles. The maximum absolute atomic E-state index is 11.8. The second-order valence-corrected chi connectivity index (χ2v) is 4.87. The summed E-state index contributed by atoms with van der Waals surface area (Å²) < 4.78 is 5.23. The highest BCUT2D eigenvalue weighted by Crippen LogP contribution is 2.18. The van der Waals surface area contributed by atoms with Crippen LogP contribution in [0.1, 0.15) is 12.0 Å². The van der Waals surface area contributed by atoms with Gasteiger partial charge in [-0.3, -0.25) is 14.5 Å². The van der Waals surface area contributed by atoms with Gasteiger partial charge in [-0.1, -0.05) is 18.2 Å². The van der Waals surface area contributed by atoms with E-state index < -0.39 is 6.03 Å². The fourth-order valence-electron chi connectivity index (χ4n) is 2.23. The van der Waals surface area contributed by atoms with Gasteiger partial charge in [0.25, 0.3) is 0 Å². The molecule has 0 saturated carbocycles. The van der Waals surface area contributed by atoms with Gasteiger partial charge in [0.15, 0.2) is 0 Å². The van der Waals surface area contributed by atoms with E-state index in [2.05, 4.69) is 10.6 Å². The number of para-hydroxylation sites is 1. The zero-order valence-electron chi connectivity index (χ0n) is 12.4. The predicted octanol–water partition coefficient (Wildman–Crippen LogP) is 0.296. The van der Waals surface area contributed by atoms with Gasteiger partial charge in [0.1, 0.15) is 5.75 Å². The van der Waals surface area contributed by atoms with E-state index in [1.54, 1.807) is 7.11 Å². The van der Waals surface area contributed by atoms with Crippen LogP contribution >= 0.6 is 0 Å². The van der Waals surface area contributed by atoms with Crippen molar-refractivity contribution < 1.29 is 19.1 Å². The Hall–Kier alpha value is -2.57. The van der Waals surface area contributed by atoms with Crippen LogP contribution in [0.5, 0.6) is 5.75 Å². The number of aryl methyl sites for hydroxylation is 1. The van der Waals surface area contributed by atoms with Crippen molar-refractivity contribution in [2.45, 2.75) is 12.8 Å². The largest absolute Gasteiger partial charge is 0.496 e. The first-order valence-corrected chi connectivity index (χ1v) is 7.08. The van der Waals surface area contributed by atoms with Crippen LogP contribution in [-0.2, 0) is 16.0 Å². The minimum absolute atomic E-state index is 0.0284. The summed E-state index contributed by atoms with van der Waals surface area (Å²) in [6, 6.07) is 7.13. The summed E-state index contributed by atoms with van der Waals surface area (Å²) in [6.07, 6.45) is 0.888. The van der Waals surface area contributed by atoms with Crippen molar-refractivity contribution in [2.75, 3.05) is 26.7 Å². The zero-order chi connectivity index (χ0) is 15.9. The number of carbonyl (C=O) groups is 3. The molecule has 0 bridgehead atoms. The van der Waals surface area contributed by atoms with E-state index in [1.165, 1.54) is 0 Å². The molecule has 0 radical (unpaired) electrons. The van der Waals surface area contributed by atoms with E-state index in [4.69, 9.17) is 4.74 Å². The van der Waals surface area contributed by atoms with E-state index in [1.807, 2.05) is 24.3 Å². The van der Waals surface area contributed by atoms with Gasteiger partial charge in [-0.15, -0.1) is 0 Å². The van der Waals surface area contributed by atoms with Gasteiger partial charge in [0.2, 0.25) is 11.8 Å². The molecule has 0 aliphatic carbocycles. The summed E-state index contributed by atoms with van der Waals surface area (Å²) in [4.78, 5) is 35.6. The van der Waals surface area contributed by atoms with Crippen LogP contribution in [0, 0.1) is 0 Å². The van der Waals surface area contributed by atoms with Crippen molar-refractivity contribution in [1.29, 1.82) is 0 Å². The van der Waals surface area contributed by atoms with Crippen LogP contribution in [0.25, 0.3) is 0 Å². The number of rotatable bonds is 7. The lowest BCUT2D eigenvalue weighted by Crippen LogP contribution is -2.38. The number of amides is 4. The van der Waals surface area contributed by atoms with Crippen LogP contribution in [0.2, 0.25) is 0 Å². The Labute approximate surface area is 128 Å². The Morgan fingerprint density at radius 2 is 2.14 bits per heavy atom. The van der Waals surface area contributed by atoms with E-state index in [9.17, 15) is 14.4 Å². The van der Waals surface area contributed by atoms with E-state index in [0.717, 1.165) is 16.2 Å². The highest BCUT2D eigenvalue weighted by Gasteiger charge is 2.27. The first-order valence-electron chi connectivity index (χ1n) is 7.08. The quantitative estimate of drug-likeness (QED) is 0.709. The molecule has 1 fully saturated rings. The molecule has 4 amide bonds. The van der Waals surface area contributed by atoms with Gasteiger partial charge >= 0.3 is 6.03 Å². The van der Waals surface area contributed by atoms with Crippen LogP contribution in [0.3, 0.4) is 0 Å². The average Bonchev–Trinajstić information content (AvgIpc) is 2.85. The lowest BCUT2D eigenvalue weighted by atomic mass is 10.1. The monoisotopic (exact) mass is 305 g/mol. The third kappa shape index (κ3) is 3.97. The van der Waals surface area contributed by atoms with Crippen molar-refractivity contribution in [3.8, 4) is 5.75 Å². The number of benzene rings is 1. The maximum Gasteiger partial charge on any atom is 0.324 e. The molecule has 0 spiro atoms. The minimum atomic E-state index is -0.409. The van der Waals surface area contributed by atoms with Crippen molar-refractivity contribution >= 4 is 17.8 Å². The van der Waals surface area contributed by atoms with Crippen molar-refractivity contribution in [2.24, 2.45) is 0 Å². The summed E-state index contributed by atoms with van der Waals surface area (Å²) in [6.45, 7) is 0.468. The average molecular weight is 305 g/mol. The van der Waals surface area contributed by atoms with Crippen LogP contribution < -0.4 is 15.4 Å². The Morgan fingerprint density at radius 1 is 1.36 bits per heavy atom. The lowest BCUT2D eigenvalue weighted by molar-refractivity contribution is -0.126. The number of hydrogen-bond donors (Lipinski definition) is 2. The van der Waals surface area contributed by atoms with Crippen molar-refractivity contribution in [1.82, 2.24) is 15.5 Å². The molecule has 2 rings (SSSR count). The van der Waals surface area contributed by atoms with Crippen molar-refractivity contribution in [3.05, 3.63) is 29.8 Å². The highest BCUT2D eigenvalue weighted by molar-refractivity contribution is 6.01. The van der Waals surface area contributed by atoms with Gasteiger partial charge in [-0.25, -0.2) is 4.79 Å². The topological polar surface area (TPSA) is 87.7 Å². The number of urea groups is 1. The number of ether oxygens (including phenoxy) is 1. The third-order valence-corrected chi connectivity index (χ3v) is 3.41. The van der Waals surface area contributed by atoms with Gasteiger partial charge in [0.05, 0.1) is 13.7 Å². The number of nitrogens with one attached hydrogen (secondary N) is 2. The molecule has 0 unspecified atom stereocenters. The summed E-state index contributed by atoms with van der Waals surface area (Å²) in [5.41, 5.74) is 0.967. The summed E-state index contributed by atoms with van der Waals surface area (Å²) in [5, 5.41) is 5.13. The van der Waals surface area contributed by atoms with Crippen LogP contribution in [0.4, 0.5) is 4.79 Å². The maximum atomic E-state index is 11.8. The van der Waals surface area contributed by atoms with E-state index >= 15 is 0 Å². The number of methoxy groups -OCH3 is 1. The van der Waals surface area contributed by atoms with Gasteiger partial charge in [0, 0.05) is 19.5 Å². The highest BCUT2D eigenvalue weighted by atomic mass is 16.5. The number of nitrogens with zero attached hydrogens (tertiary/aromatic N) is 1. The van der Waals surface area contributed by atoms with Gasteiger partial charge < -0.3 is 15.4 Å². The molecular weight excluding hydrogens is 286 g/mol. The molecule has 2 N–H and O–H groups in total. The Kier molecular flexibility index (Phi) is 5.35. The van der Waals surface area contributed by atoms with Crippen molar-refractivity contribution in [3.63, 3.8) is 0 Å². The summed E-state index contributed by atoms with van der Waals surface area (Å²) in [7, 11) is 1.59. The molecular formula is C15H19N3O4. The second kappa shape index (κ2) is 7.44. The molecule has 1 aromatic rings. The molecule has 1 aromatic carbocycles. The number of carbonyl (C=O) groups excluding carboxylic acids is 3. The number of hydrogen-bond acceptors (Lipinski definition) is 4. The third-order valence-electron chi connectivity index (χ3n) is 3.41. The van der Waals surface area contributed by atoms with Gasteiger partial charge in [-0.2, -0.15) is 0 Å². The van der Waals surface area contributed by atoms with Gasteiger partial charge in [-0.05, 0) is 18.1 Å². The first kappa shape index (κ1) is 15.8. The fraction of sp³-hybridized carbons (Fsp3) is 0.400. The molecule has 1 aliphatic rings. The molecule has 7 heteroatoms. The van der Waals surface area contributed by atoms with E-state index in [0.29, 0.717) is 12.8 Å². The summed E-state index contributed by atoms with van der Waals surface area (Å²) in [5.74, 6) is 0.362. The molecule has 1 aliphatic heterocycles. The lowest BCUT2D eigenvalue weighted by Gasteiger charge is -2.13. The fourth-order valence-corrected chi connectivity index (χ4v) is 2.23. The molecule has 0 aromatic heterocycles. The second-order valence-electron chi connectivity index (χ2n) is 4.87. The van der Waals surface area contributed by atoms with E-state index in [-0.39, 0.29) is 31.4 Å². The molecule has 0 atom stereocenters. The summed E-state index contributed by atoms with van der Waals surface area (Å²) >= 11 is 0. The SMILES string of the molecule is COc1ccccc1CCC(=O)NCCN1C(=O)CNC1=O. The molecule has 22 heavy (non-hydrogen) atoms. The Morgan fingerprint density at radius 3 is 2.82 bits per heavy atom. The van der Waals surface area contributed by atoms with Crippen LogP contribution in [0.15, 0.2) is 24.3 Å². The Bertz CT molecular complexity index is 558. The molecule has 7 nitrogen and oxygen atoms in total. The minimum Gasteiger partial charge on any atom is -0.496 e.